The van der Waals surface area contributed by atoms with Gasteiger partial charge >= 0.3 is 0 Å². The smallest absolute Gasteiger partial charge is 0.253 e. The minimum absolute atomic E-state index is 0.0232. The quantitative estimate of drug-likeness (QED) is 0.895. The summed E-state index contributed by atoms with van der Waals surface area (Å²) in [5.41, 5.74) is 0.127. The molecule has 20 heavy (non-hydrogen) atoms. The van der Waals surface area contributed by atoms with Crippen molar-refractivity contribution in [2.24, 2.45) is 5.92 Å². The second-order valence-electron chi connectivity index (χ2n) is 4.81. The molecule has 0 aliphatic carbocycles. The molecule has 0 bridgehead atoms. The van der Waals surface area contributed by atoms with Crippen LogP contribution in [0.25, 0.3) is 0 Å². The van der Waals surface area contributed by atoms with Crippen LogP contribution in [0.15, 0.2) is 18.2 Å². The standard InChI is InChI=1S/C14H16F2N2O2/c1-17-13(19)9-4-6-18(7-5-9)14(20)10-2-3-11(15)12(16)8-10/h2-3,8-9H,4-7H2,1H3,(H,17,19). The van der Waals surface area contributed by atoms with E-state index < -0.39 is 11.6 Å². The molecular weight excluding hydrogens is 266 g/mol. The van der Waals surface area contributed by atoms with Crippen molar-refractivity contribution in [1.29, 1.82) is 0 Å². The highest BCUT2D eigenvalue weighted by molar-refractivity contribution is 5.94. The summed E-state index contributed by atoms with van der Waals surface area (Å²) >= 11 is 0. The Hall–Kier alpha value is -1.98. The average Bonchev–Trinajstić information content (AvgIpc) is 2.48. The monoisotopic (exact) mass is 282 g/mol. The number of rotatable bonds is 2. The first-order valence-electron chi connectivity index (χ1n) is 6.49. The second kappa shape index (κ2) is 5.98. The molecule has 1 N–H and O–H groups in total. The molecule has 0 atom stereocenters. The van der Waals surface area contributed by atoms with E-state index in [1.807, 2.05) is 0 Å². The van der Waals surface area contributed by atoms with Crippen molar-refractivity contribution in [3.63, 3.8) is 0 Å². The molecule has 0 aromatic heterocycles. The summed E-state index contributed by atoms with van der Waals surface area (Å²) in [7, 11) is 1.58. The van der Waals surface area contributed by atoms with E-state index in [1.54, 1.807) is 11.9 Å². The van der Waals surface area contributed by atoms with E-state index in [1.165, 1.54) is 6.07 Å². The van der Waals surface area contributed by atoms with E-state index in [9.17, 15) is 18.4 Å². The topological polar surface area (TPSA) is 49.4 Å². The number of carbonyl (C=O) groups is 2. The van der Waals surface area contributed by atoms with Gasteiger partial charge in [0.25, 0.3) is 5.91 Å². The maximum Gasteiger partial charge on any atom is 0.253 e. The third-order valence-corrected chi connectivity index (χ3v) is 3.57. The zero-order chi connectivity index (χ0) is 14.7. The van der Waals surface area contributed by atoms with Crippen LogP contribution in [0.1, 0.15) is 23.2 Å². The van der Waals surface area contributed by atoms with Crippen molar-refractivity contribution >= 4 is 11.8 Å². The highest BCUT2D eigenvalue weighted by Gasteiger charge is 2.27. The number of amides is 2. The van der Waals surface area contributed by atoms with Gasteiger partial charge < -0.3 is 10.2 Å². The minimum Gasteiger partial charge on any atom is -0.359 e. The van der Waals surface area contributed by atoms with Crippen LogP contribution in [-0.4, -0.2) is 36.9 Å². The maximum atomic E-state index is 13.1. The molecule has 1 heterocycles. The molecular formula is C14H16F2N2O2. The predicted octanol–water partition coefficient (Wildman–Crippen LogP) is 1.56. The van der Waals surface area contributed by atoms with Gasteiger partial charge in [-0.15, -0.1) is 0 Å². The van der Waals surface area contributed by atoms with Gasteiger partial charge in [0.1, 0.15) is 0 Å². The van der Waals surface area contributed by atoms with Crippen LogP contribution in [-0.2, 0) is 4.79 Å². The summed E-state index contributed by atoms with van der Waals surface area (Å²) in [5, 5.41) is 2.59. The molecule has 4 nitrogen and oxygen atoms in total. The number of carbonyl (C=O) groups excluding carboxylic acids is 2. The number of nitrogens with zero attached hydrogens (tertiary/aromatic N) is 1. The third kappa shape index (κ3) is 2.95. The summed E-state index contributed by atoms with van der Waals surface area (Å²) in [4.78, 5) is 25.2. The molecule has 1 aliphatic rings. The lowest BCUT2D eigenvalue weighted by atomic mass is 9.95. The van der Waals surface area contributed by atoms with E-state index >= 15 is 0 Å². The van der Waals surface area contributed by atoms with Crippen molar-refractivity contribution in [3.05, 3.63) is 35.4 Å². The maximum absolute atomic E-state index is 13.1. The van der Waals surface area contributed by atoms with E-state index in [-0.39, 0.29) is 23.3 Å². The Labute approximate surface area is 115 Å². The summed E-state index contributed by atoms with van der Waals surface area (Å²) in [6.45, 7) is 0.881. The van der Waals surface area contributed by atoms with Crippen LogP contribution in [0.5, 0.6) is 0 Å². The zero-order valence-corrected chi connectivity index (χ0v) is 11.2. The molecule has 1 aromatic rings. The molecule has 1 aliphatic heterocycles. The van der Waals surface area contributed by atoms with Gasteiger partial charge in [0.2, 0.25) is 5.91 Å². The number of benzene rings is 1. The summed E-state index contributed by atoms with van der Waals surface area (Å²) in [6.07, 6.45) is 1.16. The first-order chi connectivity index (χ1) is 9.52. The Morgan fingerprint density at radius 1 is 1.20 bits per heavy atom. The van der Waals surface area contributed by atoms with Gasteiger partial charge in [0.15, 0.2) is 11.6 Å². The van der Waals surface area contributed by atoms with Gasteiger partial charge in [-0.25, -0.2) is 8.78 Å². The number of nitrogens with one attached hydrogen (secondary N) is 1. The molecule has 2 rings (SSSR count). The lowest BCUT2D eigenvalue weighted by Gasteiger charge is -2.31. The average molecular weight is 282 g/mol. The van der Waals surface area contributed by atoms with Crippen molar-refractivity contribution < 1.29 is 18.4 Å². The Bertz CT molecular complexity index is 526. The predicted molar refractivity (Wildman–Crippen MR) is 69.1 cm³/mol. The van der Waals surface area contributed by atoms with E-state index in [0.717, 1.165) is 12.1 Å². The van der Waals surface area contributed by atoms with Gasteiger partial charge in [0.05, 0.1) is 0 Å². The van der Waals surface area contributed by atoms with Gasteiger partial charge in [-0.3, -0.25) is 9.59 Å². The largest absolute Gasteiger partial charge is 0.359 e. The Balaban J connectivity index is 2.01. The van der Waals surface area contributed by atoms with Crippen molar-refractivity contribution in [1.82, 2.24) is 10.2 Å². The summed E-state index contributed by atoms with van der Waals surface area (Å²) < 4.78 is 26.0. The van der Waals surface area contributed by atoms with Crippen LogP contribution < -0.4 is 5.32 Å². The van der Waals surface area contributed by atoms with E-state index in [4.69, 9.17) is 0 Å². The molecule has 0 spiro atoms. The Kier molecular flexibility index (Phi) is 4.32. The summed E-state index contributed by atoms with van der Waals surface area (Å²) in [6, 6.07) is 3.12. The molecule has 0 saturated carbocycles. The molecule has 108 valence electrons. The molecule has 2 amide bonds. The number of hydrogen-bond donors (Lipinski definition) is 1. The molecule has 0 radical (unpaired) electrons. The lowest BCUT2D eigenvalue weighted by molar-refractivity contribution is -0.125. The number of halogens is 2. The Morgan fingerprint density at radius 3 is 2.40 bits per heavy atom. The SMILES string of the molecule is CNC(=O)C1CCN(C(=O)c2ccc(F)c(F)c2)CC1. The third-order valence-electron chi connectivity index (χ3n) is 3.57. The number of piperidine rings is 1. The van der Waals surface area contributed by atoms with E-state index in [0.29, 0.717) is 25.9 Å². The van der Waals surface area contributed by atoms with E-state index in [2.05, 4.69) is 5.32 Å². The number of likely N-dealkylation sites (tertiary alicyclic amines) is 1. The number of hydrogen-bond acceptors (Lipinski definition) is 2. The fourth-order valence-electron chi connectivity index (χ4n) is 2.36. The van der Waals surface area contributed by atoms with Crippen LogP contribution in [0, 0.1) is 17.6 Å². The normalized spacial score (nSPS) is 16.1. The van der Waals surface area contributed by atoms with Gasteiger partial charge in [0, 0.05) is 31.6 Å². The second-order valence-corrected chi connectivity index (χ2v) is 4.81. The molecule has 0 unspecified atom stereocenters. The van der Waals surface area contributed by atoms with Crippen molar-refractivity contribution in [3.8, 4) is 0 Å². The summed E-state index contributed by atoms with van der Waals surface area (Å²) in [5.74, 6) is -2.45. The Morgan fingerprint density at radius 2 is 1.85 bits per heavy atom. The first kappa shape index (κ1) is 14.4. The van der Waals surface area contributed by atoms with Crippen LogP contribution >= 0.6 is 0 Å². The fourth-order valence-corrected chi connectivity index (χ4v) is 2.36. The van der Waals surface area contributed by atoms with Crippen LogP contribution in [0.3, 0.4) is 0 Å². The van der Waals surface area contributed by atoms with Gasteiger partial charge in [-0.2, -0.15) is 0 Å². The van der Waals surface area contributed by atoms with Gasteiger partial charge in [-0.05, 0) is 31.0 Å². The molecule has 1 aromatic carbocycles. The molecule has 6 heteroatoms. The highest BCUT2D eigenvalue weighted by Crippen LogP contribution is 2.20. The first-order valence-corrected chi connectivity index (χ1v) is 6.49. The lowest BCUT2D eigenvalue weighted by Crippen LogP contribution is -2.42. The highest BCUT2D eigenvalue weighted by atomic mass is 19.2. The fraction of sp³-hybridized carbons (Fsp3) is 0.429. The van der Waals surface area contributed by atoms with Crippen LogP contribution in [0.2, 0.25) is 0 Å². The van der Waals surface area contributed by atoms with Gasteiger partial charge in [-0.1, -0.05) is 0 Å². The minimum atomic E-state index is -1.03. The molecule has 1 saturated heterocycles. The zero-order valence-electron chi connectivity index (χ0n) is 11.2. The van der Waals surface area contributed by atoms with Crippen molar-refractivity contribution in [2.45, 2.75) is 12.8 Å². The van der Waals surface area contributed by atoms with Crippen molar-refractivity contribution in [2.75, 3.05) is 20.1 Å². The van der Waals surface area contributed by atoms with Crippen LogP contribution in [0.4, 0.5) is 8.78 Å². The molecule has 1 fully saturated rings.